The van der Waals surface area contributed by atoms with Crippen molar-refractivity contribution in [3.05, 3.63) is 101 Å². The number of aryl methyl sites for hydroxylation is 1. The highest BCUT2D eigenvalue weighted by molar-refractivity contribution is 5.48. The van der Waals surface area contributed by atoms with Gasteiger partial charge in [0.05, 0.1) is 0 Å². The van der Waals surface area contributed by atoms with E-state index in [1.54, 1.807) is 0 Å². The molecule has 0 unspecified atom stereocenters. The van der Waals surface area contributed by atoms with E-state index in [0.29, 0.717) is 5.75 Å². The van der Waals surface area contributed by atoms with Crippen molar-refractivity contribution in [2.45, 2.75) is 129 Å². The number of phenolic OH excluding ortho intramolecular Hbond substituents is 1. The molecular formula is C38H54O. The van der Waals surface area contributed by atoms with Crippen LogP contribution in [0, 0.1) is 0 Å². The average Bonchev–Trinajstić information content (AvgIpc) is 2.96. The van der Waals surface area contributed by atoms with Gasteiger partial charge in [0.15, 0.2) is 0 Å². The standard InChI is InChI=1S/C38H54O/c1-2-3-4-5-6-7-8-9-10-11-12-13-14-15-16-19-28-35-31-36(29-33-24-20-17-21-25-33)38(39)37(32-35)30-34-26-22-18-23-27-34/h17-18,20-27,31-32,39H,2-16,19,28-30H2,1H3. The van der Waals surface area contributed by atoms with Gasteiger partial charge < -0.3 is 5.11 Å². The van der Waals surface area contributed by atoms with Crippen molar-refractivity contribution in [3.63, 3.8) is 0 Å². The van der Waals surface area contributed by atoms with Crippen LogP contribution in [-0.4, -0.2) is 5.11 Å². The fourth-order valence-corrected chi connectivity index (χ4v) is 5.75. The summed E-state index contributed by atoms with van der Waals surface area (Å²) in [6, 6.07) is 25.5. The van der Waals surface area contributed by atoms with Gasteiger partial charge in [0.2, 0.25) is 0 Å². The molecule has 1 nitrogen and oxygen atoms in total. The molecule has 3 aromatic rings. The predicted molar refractivity (Wildman–Crippen MR) is 170 cm³/mol. The maximum atomic E-state index is 11.1. The molecule has 0 fully saturated rings. The molecule has 0 aromatic heterocycles. The Balaban J connectivity index is 1.35. The quantitative estimate of drug-likeness (QED) is 0.137. The smallest absolute Gasteiger partial charge is 0.122 e. The van der Waals surface area contributed by atoms with E-state index in [0.717, 1.165) is 30.4 Å². The molecule has 3 rings (SSSR count). The van der Waals surface area contributed by atoms with E-state index in [9.17, 15) is 5.11 Å². The van der Waals surface area contributed by atoms with Crippen LogP contribution in [0.1, 0.15) is 137 Å². The summed E-state index contributed by atoms with van der Waals surface area (Å²) in [5, 5.41) is 11.1. The zero-order valence-electron chi connectivity index (χ0n) is 24.8. The first kappa shape index (κ1) is 31.0. The van der Waals surface area contributed by atoms with Gasteiger partial charge in [-0.3, -0.25) is 0 Å². The largest absolute Gasteiger partial charge is 0.507 e. The summed E-state index contributed by atoms with van der Waals surface area (Å²) < 4.78 is 0. The molecule has 0 radical (unpaired) electrons. The van der Waals surface area contributed by atoms with Gasteiger partial charge in [-0.1, -0.05) is 176 Å². The van der Waals surface area contributed by atoms with E-state index >= 15 is 0 Å². The molecule has 0 saturated carbocycles. The van der Waals surface area contributed by atoms with Crippen LogP contribution in [0.25, 0.3) is 0 Å². The van der Waals surface area contributed by atoms with Crippen molar-refractivity contribution in [2.24, 2.45) is 0 Å². The minimum Gasteiger partial charge on any atom is -0.507 e. The van der Waals surface area contributed by atoms with Gasteiger partial charge in [0.25, 0.3) is 0 Å². The highest BCUT2D eigenvalue weighted by Gasteiger charge is 2.12. The molecule has 0 amide bonds. The number of hydrogen-bond acceptors (Lipinski definition) is 1. The summed E-state index contributed by atoms with van der Waals surface area (Å²) in [4.78, 5) is 0. The molecule has 0 spiro atoms. The third-order valence-corrected chi connectivity index (χ3v) is 8.12. The van der Waals surface area contributed by atoms with Crippen LogP contribution in [0.2, 0.25) is 0 Å². The van der Waals surface area contributed by atoms with Crippen molar-refractivity contribution >= 4 is 0 Å². The fraction of sp³-hybridized carbons (Fsp3) is 0.526. The van der Waals surface area contributed by atoms with Crippen LogP contribution < -0.4 is 0 Å². The molecule has 3 aromatic carbocycles. The first-order chi connectivity index (χ1) is 19.3. The van der Waals surface area contributed by atoms with Gasteiger partial charge in [-0.2, -0.15) is 0 Å². The Morgan fingerprint density at radius 3 is 1.18 bits per heavy atom. The van der Waals surface area contributed by atoms with Crippen LogP contribution >= 0.6 is 0 Å². The number of phenols is 1. The summed E-state index contributed by atoms with van der Waals surface area (Å²) >= 11 is 0. The number of hydrogen-bond donors (Lipinski definition) is 1. The number of unbranched alkanes of at least 4 members (excludes halogenated alkanes) is 15. The minimum atomic E-state index is 0.471. The Bertz CT molecular complexity index is 945. The third kappa shape index (κ3) is 12.9. The highest BCUT2D eigenvalue weighted by Crippen LogP contribution is 2.30. The second-order valence-corrected chi connectivity index (χ2v) is 11.6. The average molecular weight is 527 g/mol. The lowest BCUT2D eigenvalue weighted by molar-refractivity contribution is 0.463. The molecule has 0 saturated heterocycles. The summed E-state index contributed by atoms with van der Waals surface area (Å²) in [6.07, 6.45) is 25.1. The lowest BCUT2D eigenvalue weighted by Gasteiger charge is -2.14. The normalized spacial score (nSPS) is 11.2. The minimum absolute atomic E-state index is 0.471. The van der Waals surface area contributed by atoms with Crippen LogP contribution in [0.4, 0.5) is 0 Å². The second-order valence-electron chi connectivity index (χ2n) is 11.6. The first-order valence-corrected chi connectivity index (χ1v) is 16.2. The van der Waals surface area contributed by atoms with Gasteiger partial charge >= 0.3 is 0 Å². The van der Waals surface area contributed by atoms with Gasteiger partial charge in [-0.15, -0.1) is 0 Å². The summed E-state index contributed by atoms with van der Waals surface area (Å²) in [5.41, 5.74) is 5.98. The molecular weight excluding hydrogens is 472 g/mol. The van der Waals surface area contributed by atoms with Crippen molar-refractivity contribution in [3.8, 4) is 5.75 Å². The van der Waals surface area contributed by atoms with Gasteiger partial charge in [-0.05, 0) is 40.7 Å². The molecule has 0 atom stereocenters. The summed E-state index contributed by atoms with van der Waals surface area (Å²) in [7, 11) is 0. The maximum absolute atomic E-state index is 11.1. The third-order valence-electron chi connectivity index (χ3n) is 8.12. The Hall–Kier alpha value is -2.54. The van der Waals surface area contributed by atoms with E-state index in [1.165, 1.54) is 119 Å². The SMILES string of the molecule is CCCCCCCCCCCCCCCCCCc1cc(Cc2ccccc2)c(O)c(Cc2ccccc2)c1. The van der Waals surface area contributed by atoms with Crippen LogP contribution in [0.3, 0.4) is 0 Å². The van der Waals surface area contributed by atoms with Crippen LogP contribution in [0.15, 0.2) is 72.8 Å². The Kier molecular flexibility index (Phi) is 15.5. The van der Waals surface area contributed by atoms with Gasteiger partial charge in [0.1, 0.15) is 5.75 Å². The molecule has 1 N–H and O–H groups in total. The molecule has 0 aliphatic carbocycles. The lowest BCUT2D eigenvalue weighted by atomic mass is 9.93. The molecule has 0 aliphatic rings. The topological polar surface area (TPSA) is 20.2 Å². The number of rotatable bonds is 21. The van der Waals surface area contributed by atoms with Crippen molar-refractivity contribution in [2.75, 3.05) is 0 Å². The van der Waals surface area contributed by atoms with Crippen LogP contribution in [-0.2, 0) is 19.3 Å². The molecule has 0 bridgehead atoms. The summed E-state index contributed by atoms with van der Waals surface area (Å²) in [5.74, 6) is 0.471. The van der Waals surface area contributed by atoms with Gasteiger partial charge in [-0.25, -0.2) is 0 Å². The molecule has 0 aliphatic heterocycles. The second kappa shape index (κ2) is 19.5. The van der Waals surface area contributed by atoms with E-state index in [2.05, 4.69) is 79.7 Å². The van der Waals surface area contributed by atoms with E-state index in [1.807, 2.05) is 0 Å². The summed E-state index contributed by atoms with van der Waals surface area (Å²) in [6.45, 7) is 2.29. The van der Waals surface area contributed by atoms with Gasteiger partial charge in [0, 0.05) is 12.8 Å². The Morgan fingerprint density at radius 2 is 0.795 bits per heavy atom. The molecule has 212 valence electrons. The Morgan fingerprint density at radius 1 is 0.436 bits per heavy atom. The maximum Gasteiger partial charge on any atom is 0.122 e. The monoisotopic (exact) mass is 526 g/mol. The molecule has 1 heteroatoms. The van der Waals surface area contributed by atoms with E-state index in [4.69, 9.17) is 0 Å². The van der Waals surface area contributed by atoms with Crippen LogP contribution in [0.5, 0.6) is 5.75 Å². The fourth-order valence-electron chi connectivity index (χ4n) is 5.75. The van der Waals surface area contributed by atoms with E-state index in [-0.39, 0.29) is 0 Å². The Labute approximate surface area is 240 Å². The van der Waals surface area contributed by atoms with Crippen molar-refractivity contribution in [1.82, 2.24) is 0 Å². The zero-order chi connectivity index (χ0) is 27.4. The zero-order valence-corrected chi connectivity index (χ0v) is 24.8. The number of aromatic hydroxyl groups is 1. The van der Waals surface area contributed by atoms with E-state index < -0.39 is 0 Å². The highest BCUT2D eigenvalue weighted by atomic mass is 16.3. The molecule has 0 heterocycles. The van der Waals surface area contributed by atoms with Crippen molar-refractivity contribution < 1.29 is 5.11 Å². The van der Waals surface area contributed by atoms with Crippen molar-refractivity contribution in [1.29, 1.82) is 0 Å². The molecule has 39 heavy (non-hydrogen) atoms. The predicted octanol–water partition coefficient (Wildman–Crippen LogP) is 11.4. The number of benzene rings is 3. The lowest BCUT2D eigenvalue weighted by Crippen LogP contribution is -1.98. The first-order valence-electron chi connectivity index (χ1n) is 16.2.